The van der Waals surface area contributed by atoms with E-state index >= 15 is 0 Å². The van der Waals surface area contributed by atoms with Gasteiger partial charge in [-0.2, -0.15) is 11.8 Å². The normalized spacial score (nSPS) is 13.5. The van der Waals surface area contributed by atoms with Crippen LogP contribution in [0.3, 0.4) is 0 Å². The summed E-state index contributed by atoms with van der Waals surface area (Å²) in [6, 6.07) is -0.271. The second-order valence-corrected chi connectivity index (χ2v) is 6.12. The molecule has 0 aliphatic heterocycles. The van der Waals surface area contributed by atoms with Gasteiger partial charge in [0.15, 0.2) is 0 Å². The highest BCUT2D eigenvalue weighted by Gasteiger charge is 2.20. The number of carbonyl (C=O) groups is 1. The van der Waals surface area contributed by atoms with Crippen molar-refractivity contribution in [2.24, 2.45) is 0 Å². The maximum Gasteiger partial charge on any atom is 0.323 e. The molecule has 1 atom stereocenters. The highest BCUT2D eigenvalue weighted by molar-refractivity contribution is 7.99. The van der Waals surface area contributed by atoms with Crippen molar-refractivity contribution in [3.8, 4) is 0 Å². The van der Waals surface area contributed by atoms with Gasteiger partial charge >= 0.3 is 5.97 Å². The standard InChI is InChI=1S/C12H25NO3S/c1-10(11(15)16-12(2,3)4)13-6-9-17-8-5-7-14/h10,13-14H,5-9H2,1-4H3. The zero-order valence-corrected chi connectivity index (χ0v) is 12.1. The molecule has 0 aromatic carbocycles. The average molecular weight is 263 g/mol. The van der Waals surface area contributed by atoms with E-state index in [-0.39, 0.29) is 18.6 Å². The van der Waals surface area contributed by atoms with E-state index in [0.717, 1.165) is 24.5 Å². The molecule has 0 heterocycles. The van der Waals surface area contributed by atoms with Crippen LogP contribution in [0.25, 0.3) is 0 Å². The quantitative estimate of drug-likeness (QED) is 0.512. The van der Waals surface area contributed by atoms with Crippen molar-refractivity contribution in [1.82, 2.24) is 5.32 Å². The summed E-state index contributed by atoms with van der Waals surface area (Å²) in [5, 5.41) is 11.7. The molecular weight excluding hydrogens is 238 g/mol. The maximum atomic E-state index is 11.6. The number of carbonyl (C=O) groups excluding carboxylic acids is 1. The van der Waals surface area contributed by atoms with Crippen LogP contribution < -0.4 is 5.32 Å². The summed E-state index contributed by atoms with van der Waals surface area (Å²) in [5.41, 5.74) is -0.428. The zero-order chi connectivity index (χ0) is 13.3. The Kier molecular flexibility index (Phi) is 8.64. The van der Waals surface area contributed by atoms with E-state index in [1.54, 1.807) is 11.8 Å². The minimum atomic E-state index is -0.428. The van der Waals surface area contributed by atoms with Crippen LogP contribution in [0.1, 0.15) is 34.1 Å². The Morgan fingerprint density at radius 1 is 1.41 bits per heavy atom. The van der Waals surface area contributed by atoms with Crippen molar-refractivity contribution >= 4 is 17.7 Å². The molecule has 4 nitrogen and oxygen atoms in total. The third-order valence-electron chi connectivity index (χ3n) is 1.90. The largest absolute Gasteiger partial charge is 0.459 e. The maximum absolute atomic E-state index is 11.6. The summed E-state index contributed by atoms with van der Waals surface area (Å²) < 4.78 is 5.25. The van der Waals surface area contributed by atoms with Gasteiger partial charge in [-0.15, -0.1) is 0 Å². The van der Waals surface area contributed by atoms with Gasteiger partial charge in [0.05, 0.1) is 0 Å². The molecule has 0 aromatic rings. The number of hydrogen-bond donors (Lipinski definition) is 2. The summed E-state index contributed by atoms with van der Waals surface area (Å²) in [7, 11) is 0. The van der Waals surface area contributed by atoms with Crippen LogP contribution in [-0.2, 0) is 9.53 Å². The van der Waals surface area contributed by atoms with Crippen LogP contribution >= 0.6 is 11.8 Å². The summed E-state index contributed by atoms with van der Waals surface area (Å²) in [5.74, 6) is 1.68. The molecule has 102 valence electrons. The smallest absolute Gasteiger partial charge is 0.323 e. The van der Waals surface area contributed by atoms with Crippen molar-refractivity contribution in [2.45, 2.75) is 45.8 Å². The number of ether oxygens (including phenoxy) is 1. The van der Waals surface area contributed by atoms with Crippen LogP contribution in [0.2, 0.25) is 0 Å². The van der Waals surface area contributed by atoms with E-state index < -0.39 is 5.60 Å². The Morgan fingerprint density at radius 3 is 2.59 bits per heavy atom. The first kappa shape index (κ1) is 16.7. The fraction of sp³-hybridized carbons (Fsp3) is 0.917. The number of rotatable bonds is 8. The number of aliphatic hydroxyl groups is 1. The van der Waals surface area contributed by atoms with Gasteiger partial charge in [0.2, 0.25) is 0 Å². The second-order valence-electron chi connectivity index (χ2n) is 4.90. The number of aliphatic hydroxyl groups excluding tert-OH is 1. The van der Waals surface area contributed by atoms with Crippen LogP contribution in [0.4, 0.5) is 0 Å². The summed E-state index contributed by atoms with van der Waals surface area (Å²) in [6.07, 6.45) is 0.826. The molecule has 0 fully saturated rings. The van der Waals surface area contributed by atoms with E-state index in [1.165, 1.54) is 0 Å². The predicted molar refractivity (Wildman–Crippen MR) is 72.3 cm³/mol. The van der Waals surface area contributed by atoms with Gasteiger partial charge in [-0.05, 0) is 39.9 Å². The Balaban J connectivity index is 3.58. The van der Waals surface area contributed by atoms with Crippen molar-refractivity contribution in [2.75, 3.05) is 24.7 Å². The first-order valence-corrected chi connectivity index (χ1v) is 7.17. The minimum Gasteiger partial charge on any atom is -0.459 e. The first-order valence-electron chi connectivity index (χ1n) is 6.01. The van der Waals surface area contributed by atoms with Crippen molar-refractivity contribution in [3.63, 3.8) is 0 Å². The number of hydrogen-bond acceptors (Lipinski definition) is 5. The summed E-state index contributed by atoms with van der Waals surface area (Å²) in [6.45, 7) is 8.42. The van der Waals surface area contributed by atoms with Crippen LogP contribution in [0.5, 0.6) is 0 Å². The van der Waals surface area contributed by atoms with Gasteiger partial charge in [0.25, 0.3) is 0 Å². The molecule has 5 heteroatoms. The Bertz CT molecular complexity index is 216. The summed E-state index contributed by atoms with van der Waals surface area (Å²) in [4.78, 5) is 11.6. The topological polar surface area (TPSA) is 58.6 Å². The lowest BCUT2D eigenvalue weighted by Crippen LogP contribution is -2.40. The molecule has 0 bridgehead atoms. The van der Waals surface area contributed by atoms with Crippen LogP contribution in [0.15, 0.2) is 0 Å². The third kappa shape index (κ3) is 10.6. The fourth-order valence-corrected chi connectivity index (χ4v) is 1.89. The predicted octanol–water partition coefficient (Wildman–Crippen LogP) is 1.42. The van der Waals surface area contributed by atoms with Gasteiger partial charge < -0.3 is 15.2 Å². The molecule has 0 saturated carbocycles. The van der Waals surface area contributed by atoms with E-state index in [9.17, 15) is 4.79 Å². The average Bonchev–Trinajstić information content (AvgIpc) is 2.20. The van der Waals surface area contributed by atoms with Crippen molar-refractivity contribution < 1.29 is 14.6 Å². The molecule has 0 spiro atoms. The molecule has 0 radical (unpaired) electrons. The molecule has 0 aromatic heterocycles. The number of thioether (sulfide) groups is 1. The minimum absolute atomic E-state index is 0.210. The molecule has 0 amide bonds. The van der Waals surface area contributed by atoms with Gasteiger partial charge in [-0.1, -0.05) is 0 Å². The van der Waals surface area contributed by atoms with E-state index in [0.29, 0.717) is 0 Å². The fourth-order valence-electron chi connectivity index (χ4n) is 1.09. The lowest BCUT2D eigenvalue weighted by atomic mass is 10.2. The Hall–Kier alpha value is -0.260. The monoisotopic (exact) mass is 263 g/mol. The van der Waals surface area contributed by atoms with Crippen molar-refractivity contribution in [1.29, 1.82) is 0 Å². The van der Waals surface area contributed by atoms with E-state index in [4.69, 9.17) is 9.84 Å². The lowest BCUT2D eigenvalue weighted by molar-refractivity contribution is -0.156. The van der Waals surface area contributed by atoms with E-state index in [2.05, 4.69) is 5.32 Å². The number of esters is 1. The molecule has 0 aliphatic rings. The van der Waals surface area contributed by atoms with E-state index in [1.807, 2.05) is 27.7 Å². The van der Waals surface area contributed by atoms with Gasteiger partial charge in [-0.25, -0.2) is 0 Å². The lowest BCUT2D eigenvalue weighted by Gasteiger charge is -2.22. The first-order chi connectivity index (χ1) is 7.87. The highest BCUT2D eigenvalue weighted by Crippen LogP contribution is 2.08. The number of nitrogens with one attached hydrogen (secondary N) is 1. The summed E-state index contributed by atoms with van der Waals surface area (Å²) >= 11 is 1.77. The Morgan fingerprint density at radius 2 is 2.06 bits per heavy atom. The molecular formula is C12H25NO3S. The highest BCUT2D eigenvalue weighted by atomic mass is 32.2. The van der Waals surface area contributed by atoms with Crippen LogP contribution in [-0.4, -0.2) is 47.4 Å². The van der Waals surface area contributed by atoms with Crippen molar-refractivity contribution in [3.05, 3.63) is 0 Å². The molecule has 2 N–H and O–H groups in total. The Labute approximate surface area is 108 Å². The third-order valence-corrected chi connectivity index (χ3v) is 2.97. The molecule has 0 aliphatic carbocycles. The molecule has 17 heavy (non-hydrogen) atoms. The van der Waals surface area contributed by atoms with Gasteiger partial charge in [-0.3, -0.25) is 4.79 Å². The van der Waals surface area contributed by atoms with Crippen LogP contribution in [0, 0.1) is 0 Å². The zero-order valence-electron chi connectivity index (χ0n) is 11.3. The molecule has 1 unspecified atom stereocenters. The molecule has 0 rings (SSSR count). The second kappa shape index (κ2) is 8.78. The molecule has 0 saturated heterocycles. The SMILES string of the molecule is CC(NCCSCCCO)C(=O)OC(C)(C)C. The van der Waals surface area contributed by atoms with Gasteiger partial charge in [0.1, 0.15) is 11.6 Å². The van der Waals surface area contributed by atoms with Gasteiger partial charge in [0, 0.05) is 18.9 Å².